The lowest BCUT2D eigenvalue weighted by Gasteiger charge is -2.07. The number of nitro benzene ring substituents is 1. The molecule has 0 fully saturated rings. The summed E-state index contributed by atoms with van der Waals surface area (Å²) >= 11 is 0. The van der Waals surface area contributed by atoms with Crippen LogP contribution in [0, 0.1) is 10.1 Å². The lowest BCUT2D eigenvalue weighted by molar-refractivity contribution is -0.384. The molecule has 3 rings (SSSR count). The molecule has 0 saturated heterocycles. The Morgan fingerprint density at radius 1 is 0.926 bits per heavy atom. The first-order valence-electron chi connectivity index (χ1n) is 7.98. The Morgan fingerprint density at radius 3 is 2.33 bits per heavy atom. The predicted octanol–water partition coefficient (Wildman–Crippen LogP) is 2.68. The van der Waals surface area contributed by atoms with Crippen LogP contribution in [0.4, 0.5) is 5.69 Å². The van der Waals surface area contributed by atoms with Crippen LogP contribution >= 0.6 is 0 Å². The summed E-state index contributed by atoms with van der Waals surface area (Å²) < 4.78 is 0. The van der Waals surface area contributed by atoms with Crippen LogP contribution < -0.4 is 11.5 Å². The van der Waals surface area contributed by atoms with Gasteiger partial charge in [0.2, 0.25) is 5.96 Å². The highest BCUT2D eigenvalue weighted by atomic mass is 16.6. The first-order chi connectivity index (χ1) is 13.0. The van der Waals surface area contributed by atoms with Gasteiger partial charge in [-0.05, 0) is 11.6 Å². The summed E-state index contributed by atoms with van der Waals surface area (Å²) in [6.45, 7) is 0. The molecule has 0 bridgehead atoms. The molecule has 27 heavy (non-hydrogen) atoms. The van der Waals surface area contributed by atoms with E-state index in [4.69, 9.17) is 11.5 Å². The smallest absolute Gasteiger partial charge is 0.270 e. The van der Waals surface area contributed by atoms with Crippen molar-refractivity contribution in [1.29, 1.82) is 0 Å². The topological polar surface area (TPSA) is 133 Å². The summed E-state index contributed by atoms with van der Waals surface area (Å²) in [7, 11) is 0. The van der Waals surface area contributed by atoms with Crippen molar-refractivity contribution in [2.75, 3.05) is 0 Å². The van der Waals surface area contributed by atoms with Gasteiger partial charge in [-0.2, -0.15) is 0 Å². The van der Waals surface area contributed by atoms with Gasteiger partial charge in [0, 0.05) is 29.5 Å². The Hall–Kier alpha value is -4.07. The van der Waals surface area contributed by atoms with Crippen LogP contribution in [0.1, 0.15) is 11.3 Å². The fourth-order valence-electron chi connectivity index (χ4n) is 2.46. The van der Waals surface area contributed by atoms with Crippen LogP contribution in [0.5, 0.6) is 0 Å². The Balaban J connectivity index is 1.99. The highest BCUT2D eigenvalue weighted by Crippen LogP contribution is 2.23. The second-order valence-electron chi connectivity index (χ2n) is 5.58. The van der Waals surface area contributed by atoms with E-state index in [0.29, 0.717) is 17.0 Å². The third-order valence-electron chi connectivity index (χ3n) is 3.71. The zero-order valence-corrected chi connectivity index (χ0v) is 14.2. The Morgan fingerprint density at radius 2 is 1.70 bits per heavy atom. The van der Waals surface area contributed by atoms with Crippen molar-refractivity contribution in [2.45, 2.75) is 0 Å². The average molecular weight is 360 g/mol. The van der Waals surface area contributed by atoms with Crippen molar-refractivity contribution >= 4 is 17.4 Å². The Bertz CT molecular complexity index is 1010. The van der Waals surface area contributed by atoms with E-state index in [-0.39, 0.29) is 11.6 Å². The van der Waals surface area contributed by atoms with Crippen LogP contribution in [-0.4, -0.2) is 21.6 Å². The minimum Gasteiger partial charge on any atom is -0.369 e. The van der Waals surface area contributed by atoms with Crippen LogP contribution in [0.3, 0.4) is 0 Å². The van der Waals surface area contributed by atoms with Gasteiger partial charge in [0.1, 0.15) is 5.71 Å². The maximum absolute atomic E-state index is 11.0. The van der Waals surface area contributed by atoms with Gasteiger partial charge in [-0.15, -0.1) is 10.2 Å². The minimum atomic E-state index is -0.430. The number of nitro groups is 1. The second kappa shape index (κ2) is 7.87. The lowest BCUT2D eigenvalue weighted by Crippen LogP contribution is -2.22. The lowest BCUT2D eigenvalue weighted by atomic mass is 10.0. The van der Waals surface area contributed by atoms with Gasteiger partial charge in [0.25, 0.3) is 5.69 Å². The van der Waals surface area contributed by atoms with Gasteiger partial charge in [0.15, 0.2) is 0 Å². The molecule has 0 aliphatic rings. The molecule has 0 unspecified atom stereocenters. The summed E-state index contributed by atoms with van der Waals surface area (Å²) in [5.41, 5.74) is 14.1. The number of rotatable bonds is 5. The number of benzene rings is 2. The molecule has 8 heteroatoms. The first-order valence-corrected chi connectivity index (χ1v) is 7.98. The van der Waals surface area contributed by atoms with Gasteiger partial charge in [-0.3, -0.25) is 15.1 Å². The number of pyridine rings is 1. The molecule has 0 aliphatic carbocycles. The minimum absolute atomic E-state index is 0.0240. The molecule has 2 aromatic carbocycles. The van der Waals surface area contributed by atoms with Gasteiger partial charge in [0.05, 0.1) is 10.6 Å². The second-order valence-corrected chi connectivity index (χ2v) is 5.58. The largest absolute Gasteiger partial charge is 0.369 e. The van der Waals surface area contributed by atoms with Crippen molar-refractivity contribution in [3.05, 3.63) is 94.3 Å². The molecule has 134 valence electrons. The number of hydrogen-bond donors (Lipinski definition) is 2. The zero-order valence-electron chi connectivity index (χ0n) is 14.2. The van der Waals surface area contributed by atoms with Gasteiger partial charge in [-0.25, -0.2) is 0 Å². The van der Waals surface area contributed by atoms with Crippen molar-refractivity contribution in [2.24, 2.45) is 21.7 Å². The molecule has 3 aromatic rings. The summed E-state index contributed by atoms with van der Waals surface area (Å²) in [6.07, 6.45) is 1.63. The van der Waals surface area contributed by atoms with Crippen LogP contribution in [0.15, 0.2) is 83.1 Å². The average Bonchev–Trinajstić information content (AvgIpc) is 2.69. The number of non-ortho nitro benzene ring substituents is 1. The maximum Gasteiger partial charge on any atom is 0.270 e. The van der Waals surface area contributed by atoms with Crippen molar-refractivity contribution < 1.29 is 4.92 Å². The fraction of sp³-hybridized carbons (Fsp3) is 0. The molecule has 0 saturated carbocycles. The van der Waals surface area contributed by atoms with Crippen molar-refractivity contribution in [3.63, 3.8) is 0 Å². The Labute approximate surface area is 155 Å². The highest BCUT2D eigenvalue weighted by molar-refractivity contribution is 6.11. The third-order valence-corrected chi connectivity index (χ3v) is 3.71. The van der Waals surface area contributed by atoms with Gasteiger partial charge >= 0.3 is 0 Å². The van der Waals surface area contributed by atoms with Crippen LogP contribution in [0.2, 0.25) is 0 Å². The summed E-state index contributed by atoms with van der Waals surface area (Å²) in [5.74, 6) is -0.156. The van der Waals surface area contributed by atoms with E-state index >= 15 is 0 Å². The van der Waals surface area contributed by atoms with E-state index in [1.165, 1.54) is 12.1 Å². The van der Waals surface area contributed by atoms with E-state index < -0.39 is 4.92 Å². The molecule has 0 aliphatic heterocycles. The molecule has 4 N–H and O–H groups in total. The molecule has 0 atom stereocenters. The molecule has 8 nitrogen and oxygen atoms in total. The van der Waals surface area contributed by atoms with Crippen molar-refractivity contribution in [3.8, 4) is 11.1 Å². The van der Waals surface area contributed by atoms with E-state index in [1.807, 2.05) is 36.4 Å². The van der Waals surface area contributed by atoms with E-state index in [2.05, 4.69) is 15.2 Å². The number of nitrogens with zero attached hydrogens (tertiary/aromatic N) is 4. The fourth-order valence-corrected chi connectivity index (χ4v) is 2.46. The predicted molar refractivity (Wildman–Crippen MR) is 104 cm³/mol. The van der Waals surface area contributed by atoms with Gasteiger partial charge in [-0.1, -0.05) is 48.5 Å². The van der Waals surface area contributed by atoms with Crippen LogP contribution in [-0.2, 0) is 0 Å². The normalized spacial score (nSPS) is 11.0. The molecule has 0 amide bonds. The zero-order chi connectivity index (χ0) is 19.2. The maximum atomic E-state index is 11.0. The van der Waals surface area contributed by atoms with Crippen molar-refractivity contribution in [1.82, 2.24) is 4.98 Å². The molecule has 0 radical (unpaired) electrons. The molecular formula is C19H16N6O2. The number of hydrogen-bond acceptors (Lipinski definition) is 5. The Kier molecular flexibility index (Phi) is 5.17. The van der Waals surface area contributed by atoms with E-state index in [9.17, 15) is 10.1 Å². The third kappa shape index (κ3) is 4.31. The molecular weight excluding hydrogens is 344 g/mol. The number of aromatic nitrogens is 1. The summed E-state index contributed by atoms with van der Waals surface area (Å²) in [4.78, 5) is 15.0. The quantitative estimate of drug-likeness (QED) is 0.312. The molecule has 1 aromatic heterocycles. The SMILES string of the molecule is NC(N)=N/N=C(\c1ccccc1)c1ccc(-c2cccc([N+](=O)[O-])c2)cn1. The first kappa shape index (κ1) is 17.7. The summed E-state index contributed by atoms with van der Waals surface area (Å²) in [5, 5.41) is 18.8. The van der Waals surface area contributed by atoms with Crippen LogP contribution in [0.25, 0.3) is 11.1 Å². The number of guanidine groups is 1. The molecule has 0 spiro atoms. The van der Waals surface area contributed by atoms with E-state index in [1.54, 1.807) is 24.4 Å². The summed E-state index contributed by atoms with van der Waals surface area (Å²) in [6, 6.07) is 19.3. The monoisotopic (exact) mass is 360 g/mol. The van der Waals surface area contributed by atoms with Gasteiger partial charge < -0.3 is 11.5 Å². The highest BCUT2D eigenvalue weighted by Gasteiger charge is 2.11. The number of nitrogens with two attached hydrogens (primary N) is 2. The molecule has 1 heterocycles. The standard InChI is InChI=1S/C19H16N6O2/c20-19(21)24-23-18(13-5-2-1-3-6-13)17-10-9-15(12-22-17)14-7-4-8-16(11-14)25(26)27/h1-12H,(H4,20,21,24)/b23-18+. The van der Waals surface area contributed by atoms with E-state index in [0.717, 1.165) is 11.1 Å².